The Morgan fingerprint density at radius 3 is 2.83 bits per heavy atom. The second-order valence-corrected chi connectivity index (χ2v) is 6.44. The molecule has 126 valence electrons. The fourth-order valence-electron chi connectivity index (χ4n) is 2.52. The van der Waals surface area contributed by atoms with Crippen LogP contribution in [-0.2, 0) is 9.59 Å². The van der Waals surface area contributed by atoms with Gasteiger partial charge in [-0.3, -0.25) is 14.5 Å². The van der Waals surface area contributed by atoms with Crippen molar-refractivity contribution in [3.8, 4) is 0 Å². The van der Waals surface area contributed by atoms with Gasteiger partial charge in [0.05, 0.1) is 12.2 Å². The highest BCUT2D eigenvalue weighted by Crippen LogP contribution is 2.19. The molecule has 2 amide bonds. The maximum Gasteiger partial charge on any atom is 0.238 e. The van der Waals surface area contributed by atoms with Crippen molar-refractivity contribution >= 4 is 29.1 Å². The van der Waals surface area contributed by atoms with E-state index in [2.05, 4.69) is 10.6 Å². The van der Waals surface area contributed by atoms with E-state index in [0.717, 1.165) is 12.5 Å². The molecule has 0 radical (unpaired) electrons. The number of nitrogens with one attached hydrogen (secondary N) is 2. The fourth-order valence-corrected chi connectivity index (χ4v) is 2.68. The molecule has 1 aliphatic rings. The molecular formula is C16H21ClFN3O2. The van der Waals surface area contributed by atoms with Crippen molar-refractivity contribution in [2.75, 3.05) is 18.4 Å². The highest BCUT2D eigenvalue weighted by molar-refractivity contribution is 6.30. The predicted molar refractivity (Wildman–Crippen MR) is 87.9 cm³/mol. The van der Waals surface area contributed by atoms with Crippen LogP contribution in [-0.4, -0.2) is 41.9 Å². The van der Waals surface area contributed by atoms with E-state index >= 15 is 0 Å². The van der Waals surface area contributed by atoms with Crippen molar-refractivity contribution in [1.82, 2.24) is 10.2 Å². The summed E-state index contributed by atoms with van der Waals surface area (Å²) in [5.41, 5.74) is 0.109. The van der Waals surface area contributed by atoms with Crippen LogP contribution in [0.3, 0.4) is 0 Å². The Bertz CT molecular complexity index is 595. The zero-order valence-electron chi connectivity index (χ0n) is 13.2. The summed E-state index contributed by atoms with van der Waals surface area (Å²) >= 11 is 5.69. The number of hydrogen-bond donors (Lipinski definition) is 2. The number of nitrogens with zero attached hydrogens (tertiary/aromatic N) is 1. The molecule has 0 unspecified atom stereocenters. The average Bonchev–Trinajstić information content (AvgIpc) is 2.86. The summed E-state index contributed by atoms with van der Waals surface area (Å²) in [4.78, 5) is 25.4. The van der Waals surface area contributed by atoms with Crippen LogP contribution in [0.25, 0.3) is 0 Å². The smallest absolute Gasteiger partial charge is 0.238 e. The molecule has 2 N–H and O–H groups in total. The van der Waals surface area contributed by atoms with E-state index < -0.39 is 5.82 Å². The molecule has 23 heavy (non-hydrogen) atoms. The third-order valence-electron chi connectivity index (χ3n) is 3.82. The summed E-state index contributed by atoms with van der Waals surface area (Å²) in [5.74, 6) is -0.819. The molecular weight excluding hydrogens is 321 g/mol. The molecule has 0 aliphatic carbocycles. The number of benzene rings is 1. The van der Waals surface area contributed by atoms with Crippen LogP contribution in [0.2, 0.25) is 5.02 Å². The molecule has 1 heterocycles. The SMILES string of the molecule is CC(C)N(CC(=O)Nc1ccc(Cl)cc1F)C[C@@H]1CCC(=O)N1. The van der Waals surface area contributed by atoms with Gasteiger partial charge in [0.2, 0.25) is 11.8 Å². The van der Waals surface area contributed by atoms with Crippen molar-refractivity contribution in [2.24, 2.45) is 0 Å². The summed E-state index contributed by atoms with van der Waals surface area (Å²) in [6.45, 7) is 4.69. The molecule has 1 aromatic rings. The third kappa shape index (κ3) is 5.18. The number of anilines is 1. The summed E-state index contributed by atoms with van der Waals surface area (Å²) in [7, 11) is 0. The normalized spacial score (nSPS) is 17.7. The summed E-state index contributed by atoms with van der Waals surface area (Å²) in [6.07, 6.45) is 1.30. The van der Waals surface area contributed by atoms with E-state index in [4.69, 9.17) is 11.6 Å². The first kappa shape index (κ1) is 17.7. The molecule has 1 aliphatic heterocycles. The summed E-state index contributed by atoms with van der Waals surface area (Å²) in [5, 5.41) is 5.72. The van der Waals surface area contributed by atoms with Crippen LogP contribution in [0.5, 0.6) is 0 Å². The zero-order valence-corrected chi connectivity index (χ0v) is 14.0. The Morgan fingerprint density at radius 1 is 1.52 bits per heavy atom. The van der Waals surface area contributed by atoms with Gasteiger partial charge in [0, 0.05) is 30.1 Å². The molecule has 7 heteroatoms. The maximum absolute atomic E-state index is 13.7. The first-order valence-electron chi connectivity index (χ1n) is 7.63. The van der Waals surface area contributed by atoms with Crippen molar-refractivity contribution in [3.05, 3.63) is 29.0 Å². The molecule has 0 bridgehead atoms. The lowest BCUT2D eigenvalue weighted by molar-refractivity contribution is -0.119. The Morgan fingerprint density at radius 2 is 2.26 bits per heavy atom. The lowest BCUT2D eigenvalue weighted by Gasteiger charge is -2.28. The van der Waals surface area contributed by atoms with Gasteiger partial charge in [0.15, 0.2) is 0 Å². The van der Waals surface area contributed by atoms with Gasteiger partial charge in [-0.05, 0) is 38.5 Å². The number of carbonyl (C=O) groups is 2. The monoisotopic (exact) mass is 341 g/mol. The van der Waals surface area contributed by atoms with Gasteiger partial charge in [-0.1, -0.05) is 11.6 Å². The van der Waals surface area contributed by atoms with Crippen molar-refractivity contribution in [1.29, 1.82) is 0 Å². The van der Waals surface area contributed by atoms with Crippen LogP contribution >= 0.6 is 11.6 Å². The van der Waals surface area contributed by atoms with E-state index in [0.29, 0.717) is 13.0 Å². The van der Waals surface area contributed by atoms with Crippen LogP contribution in [0, 0.1) is 5.82 Å². The minimum absolute atomic E-state index is 0.0476. The molecule has 0 saturated carbocycles. The van der Waals surface area contributed by atoms with E-state index in [-0.39, 0.29) is 41.2 Å². The molecule has 0 aromatic heterocycles. The first-order chi connectivity index (χ1) is 10.8. The van der Waals surface area contributed by atoms with Gasteiger partial charge in [-0.25, -0.2) is 4.39 Å². The molecule has 1 fully saturated rings. The Hall–Kier alpha value is -1.66. The number of halogens is 2. The minimum Gasteiger partial charge on any atom is -0.352 e. The van der Waals surface area contributed by atoms with Crippen molar-refractivity contribution in [2.45, 2.75) is 38.8 Å². The van der Waals surface area contributed by atoms with Gasteiger partial charge in [0.1, 0.15) is 5.82 Å². The molecule has 1 saturated heterocycles. The predicted octanol–water partition coefficient (Wildman–Crippen LogP) is 2.41. The largest absolute Gasteiger partial charge is 0.352 e. The second-order valence-electron chi connectivity index (χ2n) is 6.00. The van der Waals surface area contributed by atoms with Gasteiger partial charge in [0.25, 0.3) is 0 Å². The lowest BCUT2D eigenvalue weighted by atomic mass is 10.2. The van der Waals surface area contributed by atoms with Gasteiger partial charge in [-0.15, -0.1) is 0 Å². The quantitative estimate of drug-likeness (QED) is 0.835. The fraction of sp³-hybridized carbons (Fsp3) is 0.500. The summed E-state index contributed by atoms with van der Waals surface area (Å²) < 4.78 is 13.7. The van der Waals surface area contributed by atoms with E-state index in [1.807, 2.05) is 18.7 Å². The number of rotatable bonds is 6. The highest BCUT2D eigenvalue weighted by atomic mass is 35.5. The molecule has 5 nitrogen and oxygen atoms in total. The molecule has 1 aromatic carbocycles. The molecule has 0 spiro atoms. The van der Waals surface area contributed by atoms with Gasteiger partial charge in [-0.2, -0.15) is 0 Å². The first-order valence-corrected chi connectivity index (χ1v) is 8.01. The van der Waals surface area contributed by atoms with Crippen molar-refractivity contribution < 1.29 is 14.0 Å². The van der Waals surface area contributed by atoms with Gasteiger partial charge >= 0.3 is 0 Å². The number of carbonyl (C=O) groups excluding carboxylic acids is 2. The van der Waals surface area contributed by atoms with Crippen LogP contribution in [0.4, 0.5) is 10.1 Å². The number of hydrogen-bond acceptors (Lipinski definition) is 3. The lowest BCUT2D eigenvalue weighted by Crippen LogP contribution is -2.45. The molecule has 2 rings (SSSR count). The van der Waals surface area contributed by atoms with E-state index in [9.17, 15) is 14.0 Å². The van der Waals surface area contributed by atoms with E-state index in [1.165, 1.54) is 12.1 Å². The van der Waals surface area contributed by atoms with Gasteiger partial charge < -0.3 is 10.6 Å². The Balaban J connectivity index is 1.93. The van der Waals surface area contributed by atoms with Crippen LogP contribution in [0.15, 0.2) is 18.2 Å². The Labute approximate surface area is 140 Å². The standard InChI is InChI=1S/C16H21ClFN3O2/c1-10(2)21(8-12-4-6-15(22)19-12)9-16(23)20-14-5-3-11(17)7-13(14)18/h3,5,7,10,12H,4,6,8-9H2,1-2H3,(H,19,22)(H,20,23)/t12-/m0/s1. The molecule has 1 atom stereocenters. The van der Waals surface area contributed by atoms with Crippen LogP contribution in [0.1, 0.15) is 26.7 Å². The average molecular weight is 342 g/mol. The summed E-state index contributed by atoms with van der Waals surface area (Å²) in [6, 6.07) is 4.31. The van der Waals surface area contributed by atoms with Crippen LogP contribution < -0.4 is 10.6 Å². The maximum atomic E-state index is 13.7. The third-order valence-corrected chi connectivity index (χ3v) is 4.06. The number of amides is 2. The highest BCUT2D eigenvalue weighted by Gasteiger charge is 2.25. The second kappa shape index (κ2) is 7.75. The van der Waals surface area contributed by atoms with Crippen molar-refractivity contribution in [3.63, 3.8) is 0 Å². The zero-order chi connectivity index (χ0) is 17.0. The topological polar surface area (TPSA) is 61.4 Å². The Kier molecular flexibility index (Phi) is 5.96. The minimum atomic E-state index is -0.565. The van der Waals surface area contributed by atoms with E-state index in [1.54, 1.807) is 0 Å².